The van der Waals surface area contributed by atoms with Gasteiger partial charge in [0.1, 0.15) is 12.4 Å². The molecule has 1 aliphatic rings. The molecule has 5 nitrogen and oxygen atoms in total. The van der Waals surface area contributed by atoms with Gasteiger partial charge in [-0.15, -0.1) is 0 Å². The number of ether oxygens (including phenoxy) is 1. The van der Waals surface area contributed by atoms with Crippen LogP contribution in [0.1, 0.15) is 41.6 Å². The molecule has 1 aliphatic carbocycles. The summed E-state index contributed by atoms with van der Waals surface area (Å²) in [5.41, 5.74) is 3.68. The molecule has 0 saturated carbocycles. The Hall–Kier alpha value is -1.75. The number of aromatic nitrogens is 4. The first kappa shape index (κ1) is 13.2. The zero-order chi connectivity index (χ0) is 13.9. The summed E-state index contributed by atoms with van der Waals surface area (Å²) in [5.74, 6) is 1.82. The quantitative estimate of drug-likeness (QED) is 0.855. The van der Waals surface area contributed by atoms with Crippen LogP contribution in [-0.4, -0.2) is 26.6 Å². The third kappa shape index (κ3) is 2.58. The molecule has 0 fully saturated rings. The minimum absolute atomic E-state index is 0.453. The maximum absolute atomic E-state index is 5.09. The number of aryl methyl sites for hydroxylation is 2. The number of imidazole rings is 1. The minimum atomic E-state index is 0.453. The number of hydrogen-bond donors (Lipinski definition) is 0. The van der Waals surface area contributed by atoms with Crippen molar-refractivity contribution >= 4 is 0 Å². The Balaban J connectivity index is 1.87. The van der Waals surface area contributed by atoms with Crippen LogP contribution in [0.5, 0.6) is 0 Å². The lowest BCUT2D eigenvalue weighted by Crippen LogP contribution is -2.12. The fourth-order valence-electron chi connectivity index (χ4n) is 2.84. The number of methoxy groups -OCH3 is 1. The zero-order valence-corrected chi connectivity index (χ0v) is 12.1. The molecule has 0 aliphatic heterocycles. The second kappa shape index (κ2) is 5.71. The van der Waals surface area contributed by atoms with E-state index < -0.39 is 0 Å². The second-order valence-corrected chi connectivity index (χ2v) is 5.24. The van der Waals surface area contributed by atoms with E-state index in [-0.39, 0.29) is 0 Å². The van der Waals surface area contributed by atoms with E-state index >= 15 is 0 Å². The lowest BCUT2D eigenvalue weighted by atomic mass is 10.0. The van der Waals surface area contributed by atoms with Crippen LogP contribution in [0.3, 0.4) is 0 Å². The normalized spacial score (nSPS) is 14.3. The molecule has 2 aromatic rings. The summed E-state index contributed by atoms with van der Waals surface area (Å²) in [6, 6.07) is 1.97. The maximum atomic E-state index is 5.09. The molecule has 0 aromatic carbocycles. The summed E-state index contributed by atoms with van der Waals surface area (Å²) in [5, 5.41) is 0. The fourth-order valence-corrected chi connectivity index (χ4v) is 2.84. The molecule has 0 unspecified atom stereocenters. The fraction of sp³-hybridized carbons (Fsp3) is 0.533. The van der Waals surface area contributed by atoms with Crippen molar-refractivity contribution in [3.05, 3.63) is 41.0 Å². The zero-order valence-electron chi connectivity index (χ0n) is 12.1. The van der Waals surface area contributed by atoms with E-state index in [4.69, 9.17) is 9.72 Å². The second-order valence-electron chi connectivity index (χ2n) is 5.24. The first-order valence-electron chi connectivity index (χ1n) is 7.12. The topological polar surface area (TPSA) is 52.8 Å². The van der Waals surface area contributed by atoms with Crippen LogP contribution < -0.4 is 0 Å². The Morgan fingerprint density at radius 2 is 2.10 bits per heavy atom. The molecule has 0 radical (unpaired) electrons. The monoisotopic (exact) mass is 272 g/mol. The van der Waals surface area contributed by atoms with Gasteiger partial charge in [-0.25, -0.2) is 15.0 Å². The van der Waals surface area contributed by atoms with E-state index in [1.807, 2.05) is 6.07 Å². The predicted octanol–water partition coefficient (Wildman–Crippen LogP) is 2.06. The average molecular weight is 272 g/mol. The average Bonchev–Trinajstić information content (AvgIpc) is 2.76. The molecule has 0 N–H and O–H groups in total. The van der Waals surface area contributed by atoms with E-state index in [2.05, 4.69) is 21.5 Å². The number of rotatable bonds is 4. The van der Waals surface area contributed by atoms with Crippen LogP contribution in [0.2, 0.25) is 0 Å². The van der Waals surface area contributed by atoms with Crippen molar-refractivity contribution in [3.8, 4) is 0 Å². The standard InChI is InChI=1S/C15H20N4O/c1-11-17-13-5-3-4-6-14(13)19(11)9-12-7-8-16-15(18-12)10-20-2/h7-8H,3-6,9-10H2,1-2H3. The molecular weight excluding hydrogens is 252 g/mol. The van der Waals surface area contributed by atoms with Crippen molar-refractivity contribution in [2.75, 3.05) is 7.11 Å². The Morgan fingerprint density at radius 1 is 1.25 bits per heavy atom. The Kier molecular flexibility index (Phi) is 3.78. The molecule has 0 atom stereocenters. The summed E-state index contributed by atoms with van der Waals surface area (Å²) in [6.07, 6.45) is 6.56. The van der Waals surface area contributed by atoms with Gasteiger partial charge in [0.15, 0.2) is 5.82 Å². The molecule has 0 saturated heterocycles. The van der Waals surface area contributed by atoms with Gasteiger partial charge in [-0.2, -0.15) is 0 Å². The third-order valence-electron chi connectivity index (χ3n) is 3.78. The minimum Gasteiger partial charge on any atom is -0.377 e. The van der Waals surface area contributed by atoms with Crippen molar-refractivity contribution in [2.45, 2.75) is 45.8 Å². The van der Waals surface area contributed by atoms with Gasteiger partial charge >= 0.3 is 0 Å². The molecule has 106 valence electrons. The van der Waals surface area contributed by atoms with Crippen molar-refractivity contribution in [2.24, 2.45) is 0 Å². The highest BCUT2D eigenvalue weighted by atomic mass is 16.5. The van der Waals surface area contributed by atoms with Crippen LogP contribution in [0, 0.1) is 6.92 Å². The van der Waals surface area contributed by atoms with Crippen LogP contribution in [0.25, 0.3) is 0 Å². The van der Waals surface area contributed by atoms with Crippen molar-refractivity contribution in [1.82, 2.24) is 19.5 Å². The molecule has 20 heavy (non-hydrogen) atoms. The number of hydrogen-bond acceptors (Lipinski definition) is 4. The highest BCUT2D eigenvalue weighted by Gasteiger charge is 2.18. The Labute approximate surface area is 119 Å². The molecular formula is C15H20N4O. The van der Waals surface area contributed by atoms with Crippen molar-refractivity contribution in [3.63, 3.8) is 0 Å². The van der Waals surface area contributed by atoms with Gasteiger partial charge in [-0.1, -0.05) is 0 Å². The Bertz CT molecular complexity index is 606. The van der Waals surface area contributed by atoms with Gasteiger partial charge in [0.25, 0.3) is 0 Å². The van der Waals surface area contributed by atoms with E-state index in [1.165, 1.54) is 24.2 Å². The molecule has 0 spiro atoms. The molecule has 0 bridgehead atoms. The maximum Gasteiger partial charge on any atom is 0.154 e. The molecule has 2 aromatic heterocycles. The summed E-state index contributed by atoms with van der Waals surface area (Å²) < 4.78 is 7.39. The highest BCUT2D eigenvalue weighted by Crippen LogP contribution is 2.22. The number of fused-ring (bicyclic) bond motifs is 1. The van der Waals surface area contributed by atoms with E-state index in [9.17, 15) is 0 Å². The number of nitrogens with zero attached hydrogens (tertiary/aromatic N) is 4. The van der Waals surface area contributed by atoms with Gasteiger partial charge in [-0.3, -0.25) is 0 Å². The van der Waals surface area contributed by atoms with Gasteiger partial charge in [0.05, 0.1) is 17.9 Å². The highest BCUT2D eigenvalue weighted by molar-refractivity contribution is 5.21. The van der Waals surface area contributed by atoms with Crippen LogP contribution in [0.15, 0.2) is 12.3 Å². The molecule has 5 heteroatoms. The first-order valence-corrected chi connectivity index (χ1v) is 7.12. The lowest BCUT2D eigenvalue weighted by Gasteiger charge is -2.14. The molecule has 2 heterocycles. The Morgan fingerprint density at radius 3 is 2.95 bits per heavy atom. The van der Waals surface area contributed by atoms with Gasteiger partial charge in [-0.05, 0) is 38.7 Å². The first-order chi connectivity index (χ1) is 9.78. The van der Waals surface area contributed by atoms with Crippen molar-refractivity contribution in [1.29, 1.82) is 0 Å². The smallest absolute Gasteiger partial charge is 0.154 e. The van der Waals surface area contributed by atoms with E-state index in [0.717, 1.165) is 36.7 Å². The van der Waals surface area contributed by atoms with E-state index in [0.29, 0.717) is 6.61 Å². The lowest BCUT2D eigenvalue weighted by molar-refractivity contribution is 0.177. The largest absolute Gasteiger partial charge is 0.377 e. The summed E-state index contributed by atoms with van der Waals surface area (Å²) >= 11 is 0. The summed E-state index contributed by atoms with van der Waals surface area (Å²) in [6.45, 7) is 3.30. The van der Waals surface area contributed by atoms with E-state index in [1.54, 1.807) is 13.3 Å². The van der Waals surface area contributed by atoms with Gasteiger partial charge < -0.3 is 9.30 Å². The van der Waals surface area contributed by atoms with Crippen LogP contribution in [-0.2, 0) is 30.7 Å². The summed E-state index contributed by atoms with van der Waals surface area (Å²) in [4.78, 5) is 13.5. The summed E-state index contributed by atoms with van der Waals surface area (Å²) in [7, 11) is 1.66. The van der Waals surface area contributed by atoms with Crippen molar-refractivity contribution < 1.29 is 4.74 Å². The van der Waals surface area contributed by atoms with Crippen LogP contribution in [0.4, 0.5) is 0 Å². The predicted molar refractivity (Wildman–Crippen MR) is 75.5 cm³/mol. The SMILES string of the molecule is COCc1nccc(Cn2c(C)nc3c2CCCC3)n1. The van der Waals surface area contributed by atoms with Gasteiger partial charge in [0, 0.05) is 19.0 Å². The molecule has 0 amide bonds. The molecule has 3 rings (SSSR count). The van der Waals surface area contributed by atoms with Gasteiger partial charge in [0.2, 0.25) is 0 Å². The third-order valence-corrected chi connectivity index (χ3v) is 3.78. The van der Waals surface area contributed by atoms with Crippen LogP contribution >= 0.6 is 0 Å².